The van der Waals surface area contributed by atoms with E-state index < -0.39 is 5.97 Å². The van der Waals surface area contributed by atoms with Gasteiger partial charge in [-0.3, -0.25) is 4.79 Å². The van der Waals surface area contributed by atoms with Crippen LogP contribution < -0.4 is 5.32 Å². The number of para-hydroxylation sites is 1. The summed E-state index contributed by atoms with van der Waals surface area (Å²) in [6.07, 6.45) is 5.92. The Morgan fingerprint density at radius 2 is 2.03 bits per heavy atom. The number of carbonyl (C=O) groups is 2. The molecule has 0 aliphatic heterocycles. The molecule has 1 amide bonds. The second-order valence-electron chi connectivity index (χ2n) is 8.12. The molecule has 160 valence electrons. The highest BCUT2D eigenvalue weighted by atomic mass is 16.5. The van der Waals surface area contributed by atoms with Crippen LogP contribution >= 0.6 is 0 Å². The van der Waals surface area contributed by atoms with Gasteiger partial charge in [0.25, 0.3) is 5.91 Å². The summed E-state index contributed by atoms with van der Waals surface area (Å²) in [6.45, 7) is 4.46. The Bertz CT molecular complexity index is 1130. The van der Waals surface area contributed by atoms with Gasteiger partial charge in [-0.25, -0.2) is 9.78 Å². The fourth-order valence-electron chi connectivity index (χ4n) is 3.81. The number of nitrogens with zero attached hydrogens (tertiary/aromatic N) is 1. The molecule has 1 aromatic carbocycles. The summed E-state index contributed by atoms with van der Waals surface area (Å²) in [5.74, 6) is 0.465. The lowest BCUT2D eigenvalue weighted by molar-refractivity contribution is -0.124. The van der Waals surface area contributed by atoms with Gasteiger partial charge in [0.2, 0.25) is 0 Å². The predicted molar refractivity (Wildman–Crippen MR) is 119 cm³/mol. The smallest absolute Gasteiger partial charge is 0.339 e. The van der Waals surface area contributed by atoms with Crippen LogP contribution in [0.5, 0.6) is 0 Å². The van der Waals surface area contributed by atoms with Gasteiger partial charge in [0, 0.05) is 11.9 Å². The molecule has 1 aliphatic carbocycles. The minimum atomic E-state index is -0.492. The number of esters is 1. The number of carbonyl (C=O) groups excluding carboxylic acids is 2. The molecule has 6 nitrogen and oxygen atoms in total. The molecule has 6 heteroatoms. The summed E-state index contributed by atoms with van der Waals surface area (Å²) in [7, 11) is 0. The highest BCUT2D eigenvalue weighted by Crippen LogP contribution is 2.37. The summed E-state index contributed by atoms with van der Waals surface area (Å²) in [5.41, 5.74) is 3.90. The maximum absolute atomic E-state index is 13.1. The zero-order valence-corrected chi connectivity index (χ0v) is 17.8. The van der Waals surface area contributed by atoms with Crippen molar-refractivity contribution in [2.45, 2.75) is 33.1 Å². The lowest BCUT2D eigenvalue weighted by atomic mass is 10.0. The molecule has 0 fully saturated rings. The molecule has 0 bridgehead atoms. The number of nitrogens with one attached hydrogen (secondary N) is 1. The Labute approximate surface area is 181 Å². The molecule has 0 radical (unpaired) electrons. The van der Waals surface area contributed by atoms with Crippen molar-refractivity contribution in [2.24, 2.45) is 5.92 Å². The van der Waals surface area contributed by atoms with E-state index >= 15 is 0 Å². The number of benzene rings is 1. The van der Waals surface area contributed by atoms with Crippen LogP contribution in [0.1, 0.15) is 54.1 Å². The fraction of sp³-hybridized carbons (Fsp3) is 0.320. The molecule has 1 aliphatic rings. The van der Waals surface area contributed by atoms with Gasteiger partial charge in [-0.05, 0) is 60.6 Å². The number of hydrogen-bond donors (Lipinski definition) is 1. The van der Waals surface area contributed by atoms with Crippen molar-refractivity contribution in [1.29, 1.82) is 0 Å². The topological polar surface area (TPSA) is 81.4 Å². The number of furan rings is 1. The fourth-order valence-corrected chi connectivity index (χ4v) is 3.81. The molecule has 3 aromatic rings. The Morgan fingerprint density at radius 3 is 2.81 bits per heavy atom. The molecule has 2 heterocycles. The third-order valence-electron chi connectivity index (χ3n) is 5.38. The van der Waals surface area contributed by atoms with Gasteiger partial charge in [0.15, 0.2) is 6.61 Å². The lowest BCUT2D eigenvalue weighted by Gasteiger charge is -2.12. The maximum atomic E-state index is 13.1. The second-order valence-corrected chi connectivity index (χ2v) is 8.12. The van der Waals surface area contributed by atoms with Crippen LogP contribution in [0.15, 0.2) is 47.1 Å². The van der Waals surface area contributed by atoms with E-state index in [-0.39, 0.29) is 12.5 Å². The summed E-state index contributed by atoms with van der Waals surface area (Å²) in [6, 6.07) is 11.2. The van der Waals surface area contributed by atoms with Crippen LogP contribution in [0.4, 0.5) is 0 Å². The van der Waals surface area contributed by atoms with Crippen LogP contribution in [-0.4, -0.2) is 30.0 Å². The van der Waals surface area contributed by atoms with E-state index in [4.69, 9.17) is 14.1 Å². The van der Waals surface area contributed by atoms with E-state index in [0.717, 1.165) is 46.3 Å². The summed E-state index contributed by atoms with van der Waals surface area (Å²) < 4.78 is 10.9. The van der Waals surface area contributed by atoms with E-state index in [1.54, 1.807) is 6.26 Å². The number of aromatic nitrogens is 1. The number of fused-ring (bicyclic) bond motifs is 2. The van der Waals surface area contributed by atoms with Crippen molar-refractivity contribution in [3.63, 3.8) is 0 Å². The van der Waals surface area contributed by atoms with Crippen LogP contribution in [0.3, 0.4) is 0 Å². The molecule has 2 aromatic heterocycles. The molecule has 0 saturated heterocycles. The largest absolute Gasteiger partial charge is 0.465 e. The third kappa shape index (κ3) is 4.68. The Balaban J connectivity index is 1.60. The molecule has 1 N–H and O–H groups in total. The predicted octanol–water partition coefficient (Wildman–Crippen LogP) is 4.63. The van der Waals surface area contributed by atoms with Crippen molar-refractivity contribution in [2.75, 3.05) is 13.2 Å². The zero-order chi connectivity index (χ0) is 21.8. The van der Waals surface area contributed by atoms with Crippen molar-refractivity contribution >= 4 is 34.4 Å². The molecule has 0 unspecified atom stereocenters. The zero-order valence-electron chi connectivity index (χ0n) is 17.8. The van der Waals surface area contributed by atoms with Crippen molar-refractivity contribution in [1.82, 2.24) is 10.3 Å². The molecule has 0 saturated carbocycles. The Kier molecular flexibility index (Phi) is 6.16. The van der Waals surface area contributed by atoms with E-state index in [0.29, 0.717) is 24.4 Å². The lowest BCUT2D eigenvalue weighted by Crippen LogP contribution is -2.30. The van der Waals surface area contributed by atoms with E-state index in [9.17, 15) is 9.59 Å². The molecule has 0 atom stereocenters. The standard InChI is InChI=1S/C25H26N2O4/c1-16(2)11-12-26-22(28)15-31-25(29)23-19-7-3-4-8-21(19)27-24-17(9-10-20(23)24)14-18-6-5-13-30-18/h3-8,13-14,16H,9-12,15H2,1-2H3,(H,26,28)/b17-14+. The quantitative estimate of drug-likeness (QED) is 0.566. The molecular formula is C25H26N2O4. The first kappa shape index (κ1) is 20.8. The van der Waals surface area contributed by atoms with Crippen LogP contribution in [0.2, 0.25) is 0 Å². The van der Waals surface area contributed by atoms with Gasteiger partial charge < -0.3 is 14.5 Å². The third-order valence-corrected chi connectivity index (χ3v) is 5.38. The Hall–Kier alpha value is -3.41. The van der Waals surface area contributed by atoms with Gasteiger partial charge in [-0.15, -0.1) is 0 Å². The number of rotatable bonds is 7. The molecule has 4 rings (SSSR count). The van der Waals surface area contributed by atoms with Gasteiger partial charge >= 0.3 is 5.97 Å². The monoisotopic (exact) mass is 418 g/mol. The molecular weight excluding hydrogens is 392 g/mol. The van der Waals surface area contributed by atoms with Gasteiger partial charge in [-0.1, -0.05) is 32.0 Å². The van der Waals surface area contributed by atoms with Crippen molar-refractivity contribution in [3.8, 4) is 0 Å². The second kappa shape index (κ2) is 9.16. The van der Waals surface area contributed by atoms with Crippen molar-refractivity contribution in [3.05, 3.63) is 65.2 Å². The number of pyridine rings is 1. The number of allylic oxidation sites excluding steroid dienone is 1. The van der Waals surface area contributed by atoms with Crippen LogP contribution in [0, 0.1) is 5.92 Å². The summed E-state index contributed by atoms with van der Waals surface area (Å²) >= 11 is 0. The first-order valence-corrected chi connectivity index (χ1v) is 10.6. The first-order valence-electron chi connectivity index (χ1n) is 10.6. The number of ether oxygens (including phenoxy) is 1. The van der Waals surface area contributed by atoms with Gasteiger partial charge in [-0.2, -0.15) is 0 Å². The van der Waals surface area contributed by atoms with Crippen molar-refractivity contribution < 1.29 is 18.7 Å². The van der Waals surface area contributed by atoms with Gasteiger partial charge in [0.1, 0.15) is 5.76 Å². The number of amides is 1. The average Bonchev–Trinajstić information content (AvgIpc) is 3.40. The summed E-state index contributed by atoms with van der Waals surface area (Å²) in [5, 5.41) is 3.54. The summed E-state index contributed by atoms with van der Waals surface area (Å²) in [4.78, 5) is 29.9. The first-order chi connectivity index (χ1) is 15.0. The normalized spacial score (nSPS) is 14.2. The molecule has 31 heavy (non-hydrogen) atoms. The maximum Gasteiger partial charge on any atom is 0.339 e. The number of hydrogen-bond acceptors (Lipinski definition) is 5. The van der Waals surface area contributed by atoms with Crippen LogP contribution in [-0.2, 0) is 16.0 Å². The Morgan fingerprint density at radius 1 is 1.19 bits per heavy atom. The minimum absolute atomic E-state index is 0.289. The average molecular weight is 418 g/mol. The highest BCUT2D eigenvalue weighted by Gasteiger charge is 2.28. The van der Waals surface area contributed by atoms with Gasteiger partial charge in [0.05, 0.1) is 23.0 Å². The van der Waals surface area contributed by atoms with E-state index in [2.05, 4.69) is 19.2 Å². The van der Waals surface area contributed by atoms with E-state index in [1.807, 2.05) is 42.5 Å². The van der Waals surface area contributed by atoms with Crippen LogP contribution in [0.25, 0.3) is 22.6 Å². The minimum Gasteiger partial charge on any atom is -0.465 e. The van der Waals surface area contributed by atoms with E-state index in [1.165, 1.54) is 0 Å². The highest BCUT2D eigenvalue weighted by molar-refractivity contribution is 6.07. The SMILES string of the molecule is CC(C)CCNC(=O)COC(=O)c1c2c(nc3ccccc13)/C(=C/c1ccco1)CC2. The molecule has 0 spiro atoms.